The molecule has 1 fully saturated rings. The molecule has 1 atom stereocenters. The van der Waals surface area contributed by atoms with Crippen molar-refractivity contribution in [2.75, 3.05) is 6.54 Å². The zero-order valence-corrected chi connectivity index (χ0v) is 11.6. The van der Waals surface area contributed by atoms with E-state index in [9.17, 15) is 4.79 Å². The minimum Gasteiger partial charge on any atom is -0.355 e. The summed E-state index contributed by atoms with van der Waals surface area (Å²) in [6, 6.07) is 15.3. The standard InChI is InChI=1S/C18H17NO/c1-18(10-17(20)19-11-18)14-6-7-16-13(9-14)8-12-4-2-3-5-15(12)16/h2-7,9H,8,10-11H2,1H3,(H,19,20). The van der Waals surface area contributed by atoms with E-state index < -0.39 is 0 Å². The molecule has 1 saturated heterocycles. The van der Waals surface area contributed by atoms with E-state index in [-0.39, 0.29) is 11.3 Å². The first kappa shape index (κ1) is 11.7. The molecule has 0 saturated carbocycles. The molecular weight excluding hydrogens is 246 g/mol. The summed E-state index contributed by atoms with van der Waals surface area (Å²) in [5.41, 5.74) is 6.74. The molecule has 1 heterocycles. The largest absolute Gasteiger partial charge is 0.355 e. The van der Waals surface area contributed by atoms with Crippen LogP contribution in [0.2, 0.25) is 0 Å². The van der Waals surface area contributed by atoms with Gasteiger partial charge in [0.1, 0.15) is 0 Å². The fraction of sp³-hybridized carbons (Fsp3) is 0.278. The van der Waals surface area contributed by atoms with Gasteiger partial charge in [-0.2, -0.15) is 0 Å². The number of fused-ring (bicyclic) bond motifs is 3. The van der Waals surface area contributed by atoms with Crippen LogP contribution in [0.3, 0.4) is 0 Å². The molecule has 0 aromatic heterocycles. The SMILES string of the molecule is CC1(c2ccc3c(c2)Cc2ccccc2-3)CNC(=O)C1. The molecule has 1 amide bonds. The summed E-state index contributed by atoms with van der Waals surface area (Å²) in [6.07, 6.45) is 1.61. The molecule has 1 N–H and O–H groups in total. The molecule has 2 aliphatic rings. The van der Waals surface area contributed by atoms with E-state index >= 15 is 0 Å². The fourth-order valence-electron chi connectivity index (χ4n) is 3.50. The molecule has 4 rings (SSSR count). The van der Waals surface area contributed by atoms with E-state index in [1.54, 1.807) is 0 Å². The Kier molecular flexibility index (Phi) is 2.31. The van der Waals surface area contributed by atoms with Crippen molar-refractivity contribution < 1.29 is 4.79 Å². The quantitative estimate of drug-likeness (QED) is 0.718. The third-order valence-electron chi connectivity index (χ3n) is 4.72. The van der Waals surface area contributed by atoms with Gasteiger partial charge in [-0.3, -0.25) is 4.79 Å². The predicted molar refractivity (Wildman–Crippen MR) is 79.7 cm³/mol. The molecule has 100 valence electrons. The van der Waals surface area contributed by atoms with Gasteiger partial charge in [0.15, 0.2) is 0 Å². The molecule has 1 aliphatic heterocycles. The van der Waals surface area contributed by atoms with Crippen molar-refractivity contribution in [3.05, 3.63) is 59.2 Å². The first-order valence-corrected chi connectivity index (χ1v) is 7.14. The molecular formula is C18H17NO. The van der Waals surface area contributed by atoms with Gasteiger partial charge in [0, 0.05) is 18.4 Å². The maximum absolute atomic E-state index is 11.5. The number of benzene rings is 2. The van der Waals surface area contributed by atoms with Crippen LogP contribution in [0, 0.1) is 0 Å². The van der Waals surface area contributed by atoms with Crippen molar-refractivity contribution in [1.82, 2.24) is 5.32 Å². The monoisotopic (exact) mass is 263 g/mol. The van der Waals surface area contributed by atoms with Crippen LogP contribution in [0.15, 0.2) is 42.5 Å². The third kappa shape index (κ3) is 1.61. The van der Waals surface area contributed by atoms with Crippen molar-refractivity contribution in [2.45, 2.75) is 25.2 Å². The molecule has 0 bridgehead atoms. The van der Waals surface area contributed by atoms with Crippen molar-refractivity contribution >= 4 is 5.91 Å². The second-order valence-electron chi connectivity index (χ2n) is 6.22. The zero-order valence-electron chi connectivity index (χ0n) is 11.6. The van der Waals surface area contributed by atoms with Gasteiger partial charge in [0.2, 0.25) is 5.91 Å². The zero-order chi connectivity index (χ0) is 13.7. The predicted octanol–water partition coefficient (Wildman–Crippen LogP) is 3.04. The fourth-order valence-corrected chi connectivity index (χ4v) is 3.50. The molecule has 2 aromatic rings. The average Bonchev–Trinajstić information content (AvgIpc) is 2.99. The normalized spacial score (nSPS) is 23.4. The van der Waals surface area contributed by atoms with Crippen LogP contribution in [0.25, 0.3) is 11.1 Å². The van der Waals surface area contributed by atoms with Crippen molar-refractivity contribution in [2.24, 2.45) is 0 Å². The molecule has 1 aliphatic carbocycles. The van der Waals surface area contributed by atoms with E-state index in [1.807, 2.05) is 0 Å². The Bertz CT molecular complexity index is 719. The smallest absolute Gasteiger partial charge is 0.220 e. The van der Waals surface area contributed by atoms with Gasteiger partial charge in [0.25, 0.3) is 0 Å². The minimum atomic E-state index is -0.0547. The van der Waals surface area contributed by atoms with Crippen LogP contribution in [0.1, 0.15) is 30.0 Å². The van der Waals surface area contributed by atoms with Gasteiger partial charge < -0.3 is 5.32 Å². The highest BCUT2D eigenvalue weighted by molar-refractivity contribution is 5.81. The van der Waals surface area contributed by atoms with Gasteiger partial charge in [-0.05, 0) is 34.2 Å². The highest BCUT2D eigenvalue weighted by atomic mass is 16.1. The van der Waals surface area contributed by atoms with Crippen LogP contribution < -0.4 is 5.32 Å². The molecule has 2 nitrogen and oxygen atoms in total. The van der Waals surface area contributed by atoms with Crippen LogP contribution in [-0.2, 0) is 16.6 Å². The number of carbonyl (C=O) groups excluding carboxylic acids is 1. The summed E-state index contributed by atoms with van der Waals surface area (Å²) < 4.78 is 0. The maximum atomic E-state index is 11.5. The van der Waals surface area contributed by atoms with Crippen molar-refractivity contribution in [3.63, 3.8) is 0 Å². The second kappa shape index (κ2) is 3.95. The van der Waals surface area contributed by atoms with E-state index in [2.05, 4.69) is 54.7 Å². The number of hydrogen-bond donors (Lipinski definition) is 1. The molecule has 2 aromatic carbocycles. The molecule has 1 unspecified atom stereocenters. The van der Waals surface area contributed by atoms with Crippen LogP contribution >= 0.6 is 0 Å². The number of nitrogens with one attached hydrogen (secondary N) is 1. The maximum Gasteiger partial charge on any atom is 0.220 e. The summed E-state index contributed by atoms with van der Waals surface area (Å²) in [4.78, 5) is 11.5. The minimum absolute atomic E-state index is 0.0547. The van der Waals surface area contributed by atoms with E-state index in [4.69, 9.17) is 0 Å². The van der Waals surface area contributed by atoms with Gasteiger partial charge in [0.05, 0.1) is 0 Å². The Morgan fingerprint density at radius 2 is 1.85 bits per heavy atom. The van der Waals surface area contributed by atoms with Crippen LogP contribution in [-0.4, -0.2) is 12.5 Å². The van der Waals surface area contributed by atoms with Gasteiger partial charge in [-0.1, -0.05) is 49.4 Å². The summed E-state index contributed by atoms with van der Waals surface area (Å²) in [7, 11) is 0. The Hall–Kier alpha value is -2.09. The van der Waals surface area contributed by atoms with Crippen molar-refractivity contribution in [3.8, 4) is 11.1 Å². The van der Waals surface area contributed by atoms with Gasteiger partial charge in [-0.25, -0.2) is 0 Å². The summed E-state index contributed by atoms with van der Waals surface area (Å²) in [5, 5.41) is 2.95. The first-order chi connectivity index (χ1) is 9.66. The number of hydrogen-bond acceptors (Lipinski definition) is 1. The lowest BCUT2D eigenvalue weighted by Gasteiger charge is -2.22. The van der Waals surface area contributed by atoms with Gasteiger partial charge in [-0.15, -0.1) is 0 Å². The average molecular weight is 263 g/mol. The first-order valence-electron chi connectivity index (χ1n) is 7.14. The Morgan fingerprint density at radius 1 is 1.05 bits per heavy atom. The number of amides is 1. The Morgan fingerprint density at radius 3 is 2.65 bits per heavy atom. The topological polar surface area (TPSA) is 29.1 Å². The highest BCUT2D eigenvalue weighted by Gasteiger charge is 2.36. The Labute approximate surface area is 118 Å². The van der Waals surface area contributed by atoms with E-state index in [0.29, 0.717) is 6.42 Å². The van der Waals surface area contributed by atoms with Gasteiger partial charge >= 0.3 is 0 Å². The summed E-state index contributed by atoms with van der Waals surface area (Å²) in [6.45, 7) is 2.92. The molecule has 2 heteroatoms. The van der Waals surface area contributed by atoms with E-state index in [0.717, 1.165) is 13.0 Å². The van der Waals surface area contributed by atoms with Crippen molar-refractivity contribution in [1.29, 1.82) is 0 Å². The number of carbonyl (C=O) groups is 1. The lowest BCUT2D eigenvalue weighted by molar-refractivity contribution is -0.119. The lowest BCUT2D eigenvalue weighted by atomic mass is 9.80. The summed E-state index contributed by atoms with van der Waals surface area (Å²) >= 11 is 0. The van der Waals surface area contributed by atoms with Crippen LogP contribution in [0.4, 0.5) is 0 Å². The molecule has 20 heavy (non-hydrogen) atoms. The Balaban J connectivity index is 1.78. The lowest BCUT2D eigenvalue weighted by Crippen LogP contribution is -2.25. The molecule has 0 radical (unpaired) electrons. The molecule has 0 spiro atoms. The highest BCUT2D eigenvalue weighted by Crippen LogP contribution is 2.39. The third-order valence-corrected chi connectivity index (χ3v) is 4.72. The summed E-state index contributed by atoms with van der Waals surface area (Å²) in [5.74, 6) is 0.163. The van der Waals surface area contributed by atoms with E-state index in [1.165, 1.54) is 27.8 Å². The van der Waals surface area contributed by atoms with Crippen LogP contribution in [0.5, 0.6) is 0 Å². The second-order valence-corrected chi connectivity index (χ2v) is 6.22. The number of rotatable bonds is 1.